The molecule has 0 saturated carbocycles. The normalized spacial score (nSPS) is 19.8. The lowest BCUT2D eigenvalue weighted by Crippen LogP contribution is -2.31. The highest BCUT2D eigenvalue weighted by atomic mass is 16.5. The van der Waals surface area contributed by atoms with Gasteiger partial charge in [0, 0.05) is 12.0 Å². The minimum atomic E-state index is -0.464. The lowest BCUT2D eigenvalue weighted by molar-refractivity contribution is -0.121. The summed E-state index contributed by atoms with van der Waals surface area (Å²) >= 11 is 0. The van der Waals surface area contributed by atoms with Crippen LogP contribution in [0.25, 0.3) is 0 Å². The Morgan fingerprint density at radius 1 is 1.12 bits per heavy atom. The molecule has 25 heavy (non-hydrogen) atoms. The maximum Gasteiger partial charge on any atom is 0.262 e. The van der Waals surface area contributed by atoms with E-state index in [1.807, 2.05) is 0 Å². The first-order valence-electron chi connectivity index (χ1n) is 7.66. The van der Waals surface area contributed by atoms with Crippen molar-refractivity contribution >= 4 is 11.6 Å². The Hall–Kier alpha value is -2.96. The number of ketones is 2. The van der Waals surface area contributed by atoms with Crippen molar-refractivity contribution in [1.82, 2.24) is 0 Å². The molecule has 1 aliphatic carbocycles. The van der Waals surface area contributed by atoms with Crippen LogP contribution in [0.2, 0.25) is 0 Å². The fourth-order valence-electron chi connectivity index (χ4n) is 3.15. The van der Waals surface area contributed by atoms with E-state index in [0.717, 1.165) is 5.56 Å². The highest BCUT2D eigenvalue weighted by Crippen LogP contribution is 2.44. The third-order valence-corrected chi connectivity index (χ3v) is 4.31. The summed E-state index contributed by atoms with van der Waals surface area (Å²) in [7, 11) is 4.11. The summed E-state index contributed by atoms with van der Waals surface area (Å²) in [6.45, 7) is 0.157. The summed E-state index contributed by atoms with van der Waals surface area (Å²) in [5.41, 5.74) is 1.04. The molecule has 0 aromatic heterocycles. The Balaban J connectivity index is 1.99. The maximum absolute atomic E-state index is 12.5. The smallest absolute Gasteiger partial charge is 0.262 e. The van der Waals surface area contributed by atoms with E-state index in [1.54, 1.807) is 6.07 Å². The molecule has 1 N–H and O–H groups in total. The molecule has 0 saturated heterocycles. The molecule has 1 heterocycles. The summed E-state index contributed by atoms with van der Waals surface area (Å²) in [6, 6.07) is 3.21. The number of hydrogen-bond donors (Lipinski definition) is 1. The number of rotatable bonds is 4. The maximum atomic E-state index is 12.5. The third-order valence-electron chi connectivity index (χ3n) is 4.31. The molecule has 0 unspecified atom stereocenters. The second kappa shape index (κ2) is 6.51. The van der Waals surface area contributed by atoms with Crippen LogP contribution in [0.5, 0.6) is 17.2 Å². The number of hydrogen-bond acceptors (Lipinski definition) is 7. The molecule has 0 bridgehead atoms. The van der Waals surface area contributed by atoms with Crippen molar-refractivity contribution in [2.45, 2.75) is 6.42 Å². The first-order valence-corrected chi connectivity index (χ1v) is 7.66. The zero-order valence-electron chi connectivity index (χ0n) is 14.1. The van der Waals surface area contributed by atoms with E-state index in [-0.39, 0.29) is 46.9 Å². The molecule has 0 fully saturated rings. The van der Waals surface area contributed by atoms with E-state index in [9.17, 15) is 14.7 Å². The Kier molecular flexibility index (Phi) is 4.39. The van der Waals surface area contributed by atoms with Crippen molar-refractivity contribution in [3.63, 3.8) is 0 Å². The number of benzene rings is 1. The SMILES string of the molecule is COC1=CC(=O)C([C@H]2COc3c(ccc(O)c3OC)C2)=C(OC)C1=O. The number of ether oxygens (including phenoxy) is 4. The summed E-state index contributed by atoms with van der Waals surface area (Å²) in [5.74, 6) is -0.548. The van der Waals surface area contributed by atoms with E-state index in [4.69, 9.17) is 18.9 Å². The minimum Gasteiger partial charge on any atom is -0.504 e. The number of carbonyl (C=O) groups excluding carboxylic acids is 2. The van der Waals surface area contributed by atoms with Crippen molar-refractivity contribution < 1.29 is 33.6 Å². The van der Waals surface area contributed by atoms with Gasteiger partial charge in [0.15, 0.2) is 28.8 Å². The third kappa shape index (κ3) is 2.71. The molecular weight excluding hydrogens is 328 g/mol. The molecule has 132 valence electrons. The van der Waals surface area contributed by atoms with Crippen molar-refractivity contribution in [1.29, 1.82) is 0 Å². The summed E-state index contributed by atoms with van der Waals surface area (Å²) in [5, 5.41) is 9.84. The molecule has 2 aliphatic rings. The van der Waals surface area contributed by atoms with Gasteiger partial charge in [-0.2, -0.15) is 0 Å². The minimum absolute atomic E-state index is 0.0203. The molecule has 0 spiro atoms. The molecule has 1 aliphatic heterocycles. The van der Waals surface area contributed by atoms with Crippen LogP contribution in [0.4, 0.5) is 0 Å². The second-order valence-corrected chi connectivity index (χ2v) is 5.67. The number of allylic oxidation sites excluding steroid dienone is 1. The number of phenolic OH excluding ortho intramolecular Hbond substituents is 1. The predicted octanol–water partition coefficient (Wildman–Crippen LogP) is 1.53. The van der Waals surface area contributed by atoms with Gasteiger partial charge in [-0.3, -0.25) is 9.59 Å². The van der Waals surface area contributed by atoms with E-state index >= 15 is 0 Å². The van der Waals surface area contributed by atoms with E-state index in [2.05, 4.69) is 0 Å². The first-order chi connectivity index (χ1) is 12.0. The van der Waals surface area contributed by atoms with Crippen LogP contribution in [0, 0.1) is 5.92 Å². The van der Waals surface area contributed by atoms with Gasteiger partial charge in [-0.05, 0) is 18.1 Å². The molecule has 1 aromatic rings. The summed E-state index contributed by atoms with van der Waals surface area (Å²) < 4.78 is 21.0. The lowest BCUT2D eigenvalue weighted by atomic mass is 9.84. The Morgan fingerprint density at radius 3 is 2.52 bits per heavy atom. The molecule has 0 radical (unpaired) electrons. The number of aromatic hydroxyl groups is 1. The van der Waals surface area contributed by atoms with Crippen LogP contribution >= 0.6 is 0 Å². The Bertz CT molecular complexity index is 804. The van der Waals surface area contributed by atoms with Gasteiger partial charge in [0.05, 0.1) is 33.5 Å². The van der Waals surface area contributed by atoms with Crippen molar-refractivity contribution in [3.05, 3.63) is 40.9 Å². The predicted molar refractivity (Wildman–Crippen MR) is 86.5 cm³/mol. The van der Waals surface area contributed by atoms with E-state index in [0.29, 0.717) is 12.2 Å². The fraction of sp³-hybridized carbons (Fsp3) is 0.333. The van der Waals surface area contributed by atoms with Crippen LogP contribution in [-0.2, 0) is 25.5 Å². The number of carbonyl (C=O) groups is 2. The van der Waals surface area contributed by atoms with Crippen molar-refractivity contribution in [2.75, 3.05) is 27.9 Å². The standard InChI is InChI=1S/C18H18O7/c1-22-13-7-12(20)14(18(24-3)15(13)21)10-6-9-4-5-11(19)17(23-2)16(9)25-8-10/h4-5,7,10,19H,6,8H2,1-3H3/t10-/m1/s1. The summed E-state index contributed by atoms with van der Waals surface area (Å²) in [6.07, 6.45) is 1.62. The quantitative estimate of drug-likeness (QED) is 0.827. The van der Waals surface area contributed by atoms with Gasteiger partial charge in [0.1, 0.15) is 0 Å². The first kappa shape index (κ1) is 16.9. The van der Waals surface area contributed by atoms with Crippen LogP contribution in [0.1, 0.15) is 5.56 Å². The van der Waals surface area contributed by atoms with Gasteiger partial charge >= 0.3 is 0 Å². The largest absolute Gasteiger partial charge is 0.504 e. The van der Waals surface area contributed by atoms with Crippen molar-refractivity contribution in [3.8, 4) is 17.2 Å². The zero-order valence-corrected chi connectivity index (χ0v) is 14.1. The molecule has 7 heteroatoms. The van der Waals surface area contributed by atoms with Gasteiger partial charge in [-0.1, -0.05) is 6.07 Å². The number of methoxy groups -OCH3 is 3. The van der Waals surface area contributed by atoms with Gasteiger partial charge in [-0.15, -0.1) is 0 Å². The number of phenols is 1. The Morgan fingerprint density at radius 2 is 1.88 bits per heavy atom. The Labute approximate surface area is 144 Å². The van der Waals surface area contributed by atoms with E-state index in [1.165, 1.54) is 33.5 Å². The second-order valence-electron chi connectivity index (χ2n) is 5.67. The van der Waals surface area contributed by atoms with Crippen LogP contribution in [0.3, 0.4) is 0 Å². The van der Waals surface area contributed by atoms with E-state index < -0.39 is 5.78 Å². The molecular formula is C18H18O7. The molecule has 7 nitrogen and oxygen atoms in total. The molecule has 1 aromatic carbocycles. The zero-order chi connectivity index (χ0) is 18.1. The number of Topliss-reactive ketones (excluding diaryl/α,β-unsaturated/α-hetero) is 1. The monoisotopic (exact) mass is 346 g/mol. The molecule has 1 atom stereocenters. The fourth-order valence-corrected chi connectivity index (χ4v) is 3.15. The van der Waals surface area contributed by atoms with Crippen LogP contribution in [0.15, 0.2) is 35.3 Å². The average Bonchev–Trinajstić information content (AvgIpc) is 2.62. The van der Waals surface area contributed by atoms with Gasteiger partial charge in [-0.25, -0.2) is 0 Å². The highest BCUT2D eigenvalue weighted by Gasteiger charge is 2.37. The molecule has 3 rings (SSSR count). The van der Waals surface area contributed by atoms with Gasteiger partial charge < -0.3 is 24.1 Å². The van der Waals surface area contributed by atoms with Crippen LogP contribution in [-0.4, -0.2) is 44.6 Å². The van der Waals surface area contributed by atoms with Crippen LogP contribution < -0.4 is 9.47 Å². The van der Waals surface area contributed by atoms with Crippen molar-refractivity contribution in [2.24, 2.45) is 5.92 Å². The summed E-state index contributed by atoms with van der Waals surface area (Å²) in [4.78, 5) is 24.9. The number of fused-ring (bicyclic) bond motifs is 1. The van der Waals surface area contributed by atoms with Gasteiger partial charge in [0.2, 0.25) is 5.75 Å². The molecule has 0 amide bonds. The topological polar surface area (TPSA) is 91.3 Å². The lowest BCUT2D eigenvalue weighted by Gasteiger charge is -2.29. The average molecular weight is 346 g/mol. The van der Waals surface area contributed by atoms with Gasteiger partial charge in [0.25, 0.3) is 5.78 Å². The highest BCUT2D eigenvalue weighted by molar-refractivity contribution is 6.21.